The van der Waals surface area contributed by atoms with Crippen molar-refractivity contribution in [3.63, 3.8) is 0 Å². The van der Waals surface area contributed by atoms with E-state index in [9.17, 15) is 0 Å². The van der Waals surface area contributed by atoms with Crippen LogP contribution in [0.1, 0.15) is 18.9 Å². The summed E-state index contributed by atoms with van der Waals surface area (Å²) in [5.41, 5.74) is 2.07. The normalized spacial score (nSPS) is 10.6. The molecule has 0 spiro atoms. The van der Waals surface area contributed by atoms with Gasteiger partial charge in [0.15, 0.2) is 29.0 Å². The third kappa shape index (κ3) is 7.47. The number of hydrogen-bond acceptors (Lipinski definition) is 5. The number of nitrogens with zero attached hydrogens (tertiary/aromatic N) is 1. The summed E-state index contributed by atoms with van der Waals surface area (Å²) >= 11 is 0. The summed E-state index contributed by atoms with van der Waals surface area (Å²) in [5.74, 6) is 3.59. The average molecular weight is 529 g/mol. The molecule has 2 rings (SSSR count). The molecule has 0 atom stereocenters. The lowest BCUT2D eigenvalue weighted by atomic mass is 10.1. The molecule has 0 radical (unpaired) electrons. The number of ether oxygens (including phenoxy) is 4. The molecule has 30 heavy (non-hydrogen) atoms. The fraction of sp³-hybridized carbons (Fsp3) is 0.409. The van der Waals surface area contributed by atoms with Crippen LogP contribution in [0.5, 0.6) is 23.0 Å². The molecule has 0 amide bonds. The summed E-state index contributed by atoms with van der Waals surface area (Å²) < 4.78 is 21.6. The smallest absolute Gasteiger partial charge is 0.195 e. The van der Waals surface area contributed by atoms with Crippen LogP contribution in [0.25, 0.3) is 0 Å². The summed E-state index contributed by atoms with van der Waals surface area (Å²) in [7, 11) is 6.66. The standard InChI is InChI=1S/C22H31N3O4.HI/c1-6-29-19-12-10-17(15-21(19)28-5)25-22(23-2)24-13-7-8-16-9-11-18(26-3)20(14-16)27-4;/h9-12,14-15H,6-8,13H2,1-5H3,(H2,23,24,25);1H. The topological polar surface area (TPSA) is 73.3 Å². The van der Waals surface area contributed by atoms with Gasteiger partial charge in [0.1, 0.15) is 0 Å². The van der Waals surface area contributed by atoms with E-state index >= 15 is 0 Å². The number of hydrogen-bond donors (Lipinski definition) is 2. The molecule has 7 nitrogen and oxygen atoms in total. The van der Waals surface area contributed by atoms with Crippen LogP contribution in [0, 0.1) is 0 Å². The lowest BCUT2D eigenvalue weighted by Gasteiger charge is -2.15. The zero-order valence-corrected chi connectivity index (χ0v) is 20.6. The van der Waals surface area contributed by atoms with E-state index in [1.54, 1.807) is 28.4 Å². The Kier molecular flexibility index (Phi) is 11.8. The zero-order chi connectivity index (χ0) is 21.1. The number of rotatable bonds is 10. The van der Waals surface area contributed by atoms with Gasteiger partial charge < -0.3 is 29.6 Å². The van der Waals surface area contributed by atoms with E-state index in [1.807, 2.05) is 37.3 Å². The van der Waals surface area contributed by atoms with Gasteiger partial charge in [0.2, 0.25) is 0 Å². The van der Waals surface area contributed by atoms with Crippen LogP contribution in [0.15, 0.2) is 41.4 Å². The molecular weight excluding hydrogens is 497 g/mol. The summed E-state index contributed by atoms with van der Waals surface area (Å²) in [6, 6.07) is 11.7. The number of aryl methyl sites for hydroxylation is 1. The van der Waals surface area contributed by atoms with Gasteiger partial charge in [-0.2, -0.15) is 0 Å². The predicted octanol–water partition coefficient (Wildman–Crippen LogP) is 4.35. The Morgan fingerprint density at radius 3 is 2.20 bits per heavy atom. The van der Waals surface area contributed by atoms with Crippen molar-refractivity contribution in [3.05, 3.63) is 42.0 Å². The molecule has 0 aliphatic rings. The molecule has 0 aliphatic carbocycles. The van der Waals surface area contributed by atoms with Crippen LogP contribution >= 0.6 is 24.0 Å². The predicted molar refractivity (Wildman–Crippen MR) is 132 cm³/mol. The molecule has 0 unspecified atom stereocenters. The Balaban J connectivity index is 0.00000450. The number of anilines is 1. The third-order valence-electron chi connectivity index (χ3n) is 4.33. The molecule has 0 fully saturated rings. The van der Waals surface area contributed by atoms with Gasteiger partial charge in [0, 0.05) is 25.3 Å². The first-order chi connectivity index (χ1) is 14.1. The zero-order valence-electron chi connectivity index (χ0n) is 18.3. The van der Waals surface area contributed by atoms with Crippen LogP contribution in [0.3, 0.4) is 0 Å². The first-order valence-corrected chi connectivity index (χ1v) is 9.64. The fourth-order valence-corrected chi connectivity index (χ4v) is 2.87. The molecule has 0 saturated heterocycles. The van der Waals surface area contributed by atoms with Crippen molar-refractivity contribution in [2.75, 3.05) is 46.8 Å². The molecule has 0 saturated carbocycles. The Hall–Kier alpha value is -2.36. The lowest BCUT2D eigenvalue weighted by molar-refractivity contribution is 0.311. The Morgan fingerprint density at radius 2 is 1.57 bits per heavy atom. The van der Waals surface area contributed by atoms with Crippen molar-refractivity contribution in [1.82, 2.24) is 5.32 Å². The van der Waals surface area contributed by atoms with Crippen molar-refractivity contribution in [1.29, 1.82) is 0 Å². The van der Waals surface area contributed by atoms with Gasteiger partial charge in [-0.3, -0.25) is 4.99 Å². The SMILES string of the molecule is CCOc1ccc(NC(=NC)NCCCc2ccc(OC)c(OC)c2)cc1OC.I. The van der Waals surface area contributed by atoms with Crippen LogP contribution in [0.2, 0.25) is 0 Å². The van der Waals surface area contributed by atoms with Crippen molar-refractivity contribution in [2.24, 2.45) is 4.99 Å². The molecule has 0 aliphatic heterocycles. The van der Waals surface area contributed by atoms with Gasteiger partial charge >= 0.3 is 0 Å². The van der Waals surface area contributed by atoms with Gasteiger partial charge in [-0.25, -0.2) is 0 Å². The average Bonchev–Trinajstić information content (AvgIpc) is 2.76. The second-order valence-corrected chi connectivity index (χ2v) is 6.22. The third-order valence-corrected chi connectivity index (χ3v) is 4.33. The largest absolute Gasteiger partial charge is 0.493 e. The van der Waals surface area contributed by atoms with Crippen molar-refractivity contribution >= 4 is 35.6 Å². The molecule has 0 bridgehead atoms. The Morgan fingerprint density at radius 1 is 0.900 bits per heavy atom. The monoisotopic (exact) mass is 529 g/mol. The van der Waals surface area contributed by atoms with Crippen LogP contribution in [-0.4, -0.2) is 47.5 Å². The van der Waals surface area contributed by atoms with Crippen LogP contribution in [0.4, 0.5) is 5.69 Å². The molecular formula is C22H32IN3O4. The second kappa shape index (κ2) is 13.8. The maximum Gasteiger partial charge on any atom is 0.195 e. The molecule has 166 valence electrons. The van der Waals surface area contributed by atoms with Crippen LogP contribution < -0.4 is 29.6 Å². The van der Waals surface area contributed by atoms with E-state index in [1.165, 1.54) is 5.56 Å². The minimum absolute atomic E-state index is 0. The first kappa shape index (κ1) is 25.7. The van der Waals surface area contributed by atoms with Crippen molar-refractivity contribution in [3.8, 4) is 23.0 Å². The lowest BCUT2D eigenvalue weighted by Crippen LogP contribution is -2.31. The number of benzene rings is 2. The summed E-state index contributed by atoms with van der Waals surface area (Å²) in [6.07, 6.45) is 1.87. The summed E-state index contributed by atoms with van der Waals surface area (Å²) in [4.78, 5) is 4.28. The highest BCUT2D eigenvalue weighted by molar-refractivity contribution is 14.0. The minimum atomic E-state index is 0. The molecule has 2 aromatic rings. The van der Waals surface area contributed by atoms with Gasteiger partial charge in [-0.1, -0.05) is 6.07 Å². The highest BCUT2D eigenvalue weighted by Gasteiger charge is 2.07. The Bertz CT molecular complexity index is 815. The maximum absolute atomic E-state index is 5.55. The molecule has 2 N–H and O–H groups in total. The summed E-state index contributed by atoms with van der Waals surface area (Å²) in [5, 5.41) is 6.60. The number of aliphatic imine (C=N–C) groups is 1. The van der Waals surface area contributed by atoms with Gasteiger partial charge in [0.05, 0.1) is 27.9 Å². The van der Waals surface area contributed by atoms with E-state index in [0.29, 0.717) is 18.3 Å². The van der Waals surface area contributed by atoms with E-state index in [-0.39, 0.29) is 24.0 Å². The van der Waals surface area contributed by atoms with Gasteiger partial charge in [-0.05, 0) is 49.6 Å². The minimum Gasteiger partial charge on any atom is -0.493 e. The highest BCUT2D eigenvalue weighted by Crippen LogP contribution is 2.30. The van der Waals surface area contributed by atoms with E-state index in [4.69, 9.17) is 18.9 Å². The fourth-order valence-electron chi connectivity index (χ4n) is 2.87. The van der Waals surface area contributed by atoms with Gasteiger partial charge in [-0.15, -0.1) is 24.0 Å². The van der Waals surface area contributed by atoms with Crippen molar-refractivity contribution in [2.45, 2.75) is 19.8 Å². The maximum atomic E-state index is 5.55. The summed E-state index contributed by atoms with van der Waals surface area (Å²) in [6.45, 7) is 3.31. The number of halogens is 1. The molecule has 0 heterocycles. The molecule has 0 aromatic heterocycles. The highest BCUT2D eigenvalue weighted by atomic mass is 127. The van der Waals surface area contributed by atoms with E-state index in [0.717, 1.165) is 42.3 Å². The quantitative estimate of drug-likeness (QED) is 0.207. The number of nitrogens with one attached hydrogen (secondary N) is 2. The number of guanidine groups is 1. The Labute approximate surface area is 196 Å². The van der Waals surface area contributed by atoms with Crippen molar-refractivity contribution < 1.29 is 18.9 Å². The second-order valence-electron chi connectivity index (χ2n) is 6.22. The van der Waals surface area contributed by atoms with E-state index < -0.39 is 0 Å². The number of methoxy groups -OCH3 is 3. The van der Waals surface area contributed by atoms with Gasteiger partial charge in [0.25, 0.3) is 0 Å². The van der Waals surface area contributed by atoms with Crippen LogP contribution in [-0.2, 0) is 6.42 Å². The van der Waals surface area contributed by atoms with E-state index in [2.05, 4.69) is 21.7 Å². The first-order valence-electron chi connectivity index (χ1n) is 9.64. The molecule has 2 aromatic carbocycles. The molecule has 8 heteroatoms.